The molecule has 1 aliphatic carbocycles. The van der Waals surface area contributed by atoms with Gasteiger partial charge in [-0.3, -0.25) is 4.99 Å². The maximum absolute atomic E-state index is 11.9. The standard InChI is InChI=1S/C19H33N5O2S/c1-6-16-22-15(12-27-16)11-21-17(20-5)23-13-7-9-14(10-8-13)24-18(25)26-19(2,3)4/h12-14H,6-11H2,1-5H3,(H,24,25)(H2,20,21,23). The van der Waals surface area contributed by atoms with Crippen LogP contribution in [0.3, 0.4) is 0 Å². The van der Waals surface area contributed by atoms with Crippen molar-refractivity contribution in [1.29, 1.82) is 0 Å². The molecule has 1 heterocycles. The molecule has 1 fully saturated rings. The molecule has 1 aromatic rings. The van der Waals surface area contributed by atoms with E-state index < -0.39 is 5.60 Å². The minimum atomic E-state index is -0.462. The van der Waals surface area contributed by atoms with Gasteiger partial charge in [0.05, 0.1) is 17.2 Å². The van der Waals surface area contributed by atoms with Gasteiger partial charge in [-0.15, -0.1) is 11.3 Å². The van der Waals surface area contributed by atoms with Crippen molar-refractivity contribution < 1.29 is 9.53 Å². The van der Waals surface area contributed by atoms with Crippen molar-refractivity contribution in [3.63, 3.8) is 0 Å². The van der Waals surface area contributed by atoms with Crippen LogP contribution in [0.1, 0.15) is 64.1 Å². The summed E-state index contributed by atoms with van der Waals surface area (Å²) in [5.41, 5.74) is 0.584. The van der Waals surface area contributed by atoms with E-state index >= 15 is 0 Å². The zero-order valence-corrected chi connectivity index (χ0v) is 17.9. The molecule has 0 radical (unpaired) electrons. The topological polar surface area (TPSA) is 87.6 Å². The molecule has 0 bridgehead atoms. The molecular formula is C19H33N5O2S. The molecule has 1 aromatic heterocycles. The maximum Gasteiger partial charge on any atom is 0.407 e. The monoisotopic (exact) mass is 395 g/mol. The van der Waals surface area contributed by atoms with E-state index in [4.69, 9.17) is 4.74 Å². The van der Waals surface area contributed by atoms with E-state index in [2.05, 4.69) is 38.2 Å². The number of hydrogen-bond acceptors (Lipinski definition) is 5. The van der Waals surface area contributed by atoms with Crippen molar-refractivity contribution in [2.45, 2.75) is 84.0 Å². The molecule has 152 valence electrons. The molecule has 8 heteroatoms. The van der Waals surface area contributed by atoms with Crippen LogP contribution in [0.25, 0.3) is 0 Å². The number of amides is 1. The van der Waals surface area contributed by atoms with Crippen LogP contribution < -0.4 is 16.0 Å². The van der Waals surface area contributed by atoms with Crippen LogP contribution in [0.15, 0.2) is 10.4 Å². The van der Waals surface area contributed by atoms with Crippen molar-refractivity contribution in [2.75, 3.05) is 7.05 Å². The van der Waals surface area contributed by atoms with Gasteiger partial charge < -0.3 is 20.7 Å². The van der Waals surface area contributed by atoms with E-state index in [1.54, 1.807) is 18.4 Å². The van der Waals surface area contributed by atoms with E-state index in [0.29, 0.717) is 12.6 Å². The van der Waals surface area contributed by atoms with Crippen LogP contribution in [-0.4, -0.2) is 41.8 Å². The van der Waals surface area contributed by atoms with Crippen LogP contribution in [0.2, 0.25) is 0 Å². The molecule has 7 nitrogen and oxygen atoms in total. The Morgan fingerprint density at radius 1 is 1.26 bits per heavy atom. The average Bonchev–Trinajstić information content (AvgIpc) is 3.06. The summed E-state index contributed by atoms with van der Waals surface area (Å²) >= 11 is 1.70. The lowest BCUT2D eigenvalue weighted by Crippen LogP contribution is -2.47. The SMILES string of the molecule is CCc1nc(CNC(=NC)NC2CCC(NC(=O)OC(C)(C)C)CC2)cs1. The highest BCUT2D eigenvalue weighted by molar-refractivity contribution is 7.09. The van der Waals surface area contributed by atoms with E-state index in [9.17, 15) is 4.79 Å². The number of aliphatic imine (C=N–C) groups is 1. The second-order valence-corrected chi connectivity index (χ2v) is 8.79. The minimum absolute atomic E-state index is 0.176. The van der Waals surface area contributed by atoms with Crippen molar-refractivity contribution in [3.05, 3.63) is 16.1 Å². The first kappa shape index (κ1) is 21.5. The summed E-state index contributed by atoms with van der Waals surface area (Å²) in [4.78, 5) is 20.8. The first-order valence-electron chi connectivity index (χ1n) is 9.69. The summed E-state index contributed by atoms with van der Waals surface area (Å²) < 4.78 is 5.33. The van der Waals surface area contributed by atoms with Crippen molar-refractivity contribution in [1.82, 2.24) is 20.9 Å². The lowest BCUT2D eigenvalue weighted by molar-refractivity contribution is 0.0490. The fraction of sp³-hybridized carbons (Fsp3) is 0.737. The largest absolute Gasteiger partial charge is 0.444 e. The molecule has 1 aliphatic rings. The van der Waals surface area contributed by atoms with Crippen LogP contribution in [0.5, 0.6) is 0 Å². The number of guanidine groups is 1. The Labute approximate surface area is 166 Å². The number of carbonyl (C=O) groups is 1. The van der Waals surface area contributed by atoms with Gasteiger partial charge in [0.2, 0.25) is 0 Å². The van der Waals surface area contributed by atoms with E-state index in [1.165, 1.54) is 0 Å². The molecule has 0 spiro atoms. The summed E-state index contributed by atoms with van der Waals surface area (Å²) in [6, 6.07) is 0.532. The average molecular weight is 396 g/mol. The highest BCUT2D eigenvalue weighted by Gasteiger charge is 2.25. The van der Waals surface area contributed by atoms with E-state index in [0.717, 1.165) is 48.8 Å². The van der Waals surface area contributed by atoms with Gasteiger partial charge in [0.15, 0.2) is 5.96 Å². The summed E-state index contributed by atoms with van der Waals surface area (Å²) in [7, 11) is 1.78. The molecule has 0 aliphatic heterocycles. The molecular weight excluding hydrogens is 362 g/mol. The van der Waals surface area contributed by atoms with E-state index in [-0.39, 0.29) is 12.1 Å². The van der Waals surface area contributed by atoms with Crippen molar-refractivity contribution in [3.8, 4) is 0 Å². The van der Waals surface area contributed by atoms with Crippen LogP contribution in [0, 0.1) is 0 Å². The number of aromatic nitrogens is 1. The predicted octanol–water partition coefficient (Wildman–Crippen LogP) is 3.21. The first-order chi connectivity index (χ1) is 12.8. The molecule has 1 saturated carbocycles. The molecule has 0 saturated heterocycles. The van der Waals surface area contributed by atoms with Gasteiger partial charge in [0.25, 0.3) is 0 Å². The fourth-order valence-electron chi connectivity index (χ4n) is 3.01. The highest BCUT2D eigenvalue weighted by Crippen LogP contribution is 2.19. The summed E-state index contributed by atoms with van der Waals surface area (Å²) in [6.45, 7) is 8.42. The minimum Gasteiger partial charge on any atom is -0.444 e. The highest BCUT2D eigenvalue weighted by atomic mass is 32.1. The number of aryl methyl sites for hydroxylation is 1. The Balaban J connectivity index is 1.71. The normalized spacial score (nSPS) is 20.9. The fourth-order valence-corrected chi connectivity index (χ4v) is 3.76. The molecule has 0 unspecified atom stereocenters. The molecule has 2 rings (SSSR count). The molecule has 0 aromatic carbocycles. The van der Waals surface area contributed by atoms with Crippen LogP contribution in [-0.2, 0) is 17.7 Å². The number of alkyl carbamates (subject to hydrolysis) is 1. The predicted molar refractivity (Wildman–Crippen MR) is 110 cm³/mol. The summed E-state index contributed by atoms with van der Waals surface area (Å²) in [6.07, 6.45) is 4.47. The van der Waals surface area contributed by atoms with Gasteiger partial charge in [-0.25, -0.2) is 9.78 Å². The van der Waals surface area contributed by atoms with Gasteiger partial charge in [0.1, 0.15) is 5.60 Å². The Morgan fingerprint density at radius 2 is 1.89 bits per heavy atom. The Kier molecular flexibility index (Phi) is 7.89. The van der Waals surface area contributed by atoms with E-state index in [1.807, 2.05) is 20.8 Å². The third kappa shape index (κ3) is 7.74. The van der Waals surface area contributed by atoms with Crippen LogP contribution >= 0.6 is 11.3 Å². The quantitative estimate of drug-likeness (QED) is 0.526. The number of hydrogen-bond donors (Lipinski definition) is 3. The lowest BCUT2D eigenvalue weighted by atomic mass is 9.91. The van der Waals surface area contributed by atoms with Gasteiger partial charge in [0, 0.05) is 24.5 Å². The van der Waals surface area contributed by atoms with Gasteiger partial charge in [-0.2, -0.15) is 0 Å². The zero-order valence-electron chi connectivity index (χ0n) is 17.1. The number of nitrogens with one attached hydrogen (secondary N) is 3. The summed E-state index contributed by atoms with van der Waals surface area (Å²) in [5.74, 6) is 0.796. The smallest absolute Gasteiger partial charge is 0.407 e. The molecule has 27 heavy (non-hydrogen) atoms. The number of nitrogens with zero attached hydrogens (tertiary/aromatic N) is 2. The molecule has 0 atom stereocenters. The van der Waals surface area contributed by atoms with Gasteiger partial charge in [-0.05, 0) is 52.9 Å². The van der Waals surface area contributed by atoms with Gasteiger partial charge >= 0.3 is 6.09 Å². The number of carbonyl (C=O) groups excluding carboxylic acids is 1. The van der Waals surface area contributed by atoms with Gasteiger partial charge in [-0.1, -0.05) is 6.92 Å². The third-order valence-electron chi connectivity index (χ3n) is 4.35. The number of rotatable bonds is 5. The summed E-state index contributed by atoms with van der Waals surface area (Å²) in [5, 5.41) is 13.0. The second kappa shape index (κ2) is 9.92. The van der Waals surface area contributed by atoms with Crippen molar-refractivity contribution >= 4 is 23.4 Å². The third-order valence-corrected chi connectivity index (χ3v) is 5.39. The van der Waals surface area contributed by atoms with Crippen LogP contribution in [0.4, 0.5) is 4.79 Å². The first-order valence-corrected chi connectivity index (χ1v) is 10.6. The Morgan fingerprint density at radius 3 is 2.41 bits per heavy atom. The molecule has 1 amide bonds. The Bertz CT molecular complexity index is 630. The second-order valence-electron chi connectivity index (χ2n) is 7.85. The maximum atomic E-state index is 11.9. The zero-order chi connectivity index (χ0) is 19.9. The Hall–Kier alpha value is -1.83. The van der Waals surface area contributed by atoms with Crippen molar-refractivity contribution in [2.24, 2.45) is 4.99 Å². The number of thiazole rings is 1. The lowest BCUT2D eigenvalue weighted by Gasteiger charge is -2.31. The number of ether oxygens (including phenoxy) is 1. The molecule has 3 N–H and O–H groups in total.